The van der Waals surface area contributed by atoms with Gasteiger partial charge in [-0.1, -0.05) is 60.3 Å². The minimum Gasteiger partial charge on any atom is -0.308 e. The summed E-state index contributed by atoms with van der Waals surface area (Å²) in [5, 5.41) is 11.9. The number of aryl methyl sites for hydroxylation is 2. The van der Waals surface area contributed by atoms with Gasteiger partial charge in [-0.15, -0.1) is 10.2 Å². The number of nitrogens with zero attached hydrogens (tertiary/aromatic N) is 4. The predicted octanol–water partition coefficient (Wildman–Crippen LogP) is 4.36. The van der Waals surface area contributed by atoms with E-state index in [1.807, 2.05) is 24.4 Å². The zero-order chi connectivity index (χ0) is 16.9. The van der Waals surface area contributed by atoms with Crippen LogP contribution >= 0.6 is 11.8 Å². The van der Waals surface area contributed by atoms with Crippen molar-refractivity contribution >= 4 is 22.5 Å². The Balaban J connectivity index is 1.46. The van der Waals surface area contributed by atoms with E-state index in [0.717, 1.165) is 29.6 Å². The van der Waals surface area contributed by atoms with Crippen LogP contribution in [-0.4, -0.2) is 19.7 Å². The van der Waals surface area contributed by atoms with E-state index in [2.05, 4.69) is 62.2 Å². The molecule has 0 N–H and O–H groups in total. The van der Waals surface area contributed by atoms with Crippen LogP contribution in [0.1, 0.15) is 11.3 Å². The molecule has 0 aliphatic heterocycles. The molecule has 0 aliphatic rings. The van der Waals surface area contributed by atoms with E-state index in [9.17, 15) is 0 Å². The van der Waals surface area contributed by atoms with E-state index in [0.29, 0.717) is 0 Å². The second kappa shape index (κ2) is 7.49. The highest BCUT2D eigenvalue weighted by Crippen LogP contribution is 2.26. The summed E-state index contributed by atoms with van der Waals surface area (Å²) in [6, 6.07) is 21.0. The molecule has 25 heavy (non-hydrogen) atoms. The van der Waals surface area contributed by atoms with Gasteiger partial charge in [0.2, 0.25) is 0 Å². The van der Waals surface area contributed by atoms with Crippen molar-refractivity contribution in [2.24, 2.45) is 0 Å². The monoisotopic (exact) mass is 346 g/mol. The molecule has 0 saturated heterocycles. The summed E-state index contributed by atoms with van der Waals surface area (Å²) in [5.41, 5.74) is 2.41. The average Bonchev–Trinajstić information content (AvgIpc) is 3.13. The van der Waals surface area contributed by atoms with Crippen LogP contribution in [-0.2, 0) is 18.7 Å². The number of pyridine rings is 1. The van der Waals surface area contributed by atoms with Gasteiger partial charge in [0.15, 0.2) is 5.16 Å². The van der Waals surface area contributed by atoms with Gasteiger partial charge in [0, 0.05) is 30.6 Å². The Labute approximate surface area is 150 Å². The summed E-state index contributed by atoms with van der Waals surface area (Å²) in [6.07, 6.45) is 4.51. The van der Waals surface area contributed by atoms with Gasteiger partial charge in [-0.2, -0.15) is 0 Å². The third-order valence-corrected chi connectivity index (χ3v) is 5.18. The summed E-state index contributed by atoms with van der Waals surface area (Å²) in [7, 11) is 0. The van der Waals surface area contributed by atoms with Crippen LogP contribution in [0, 0.1) is 0 Å². The van der Waals surface area contributed by atoms with Gasteiger partial charge in [-0.3, -0.25) is 4.98 Å². The molecule has 0 aliphatic carbocycles. The third-order valence-electron chi connectivity index (χ3n) is 4.15. The lowest BCUT2D eigenvalue weighted by Crippen LogP contribution is -2.03. The summed E-state index contributed by atoms with van der Waals surface area (Å²) in [5.74, 6) is 0.879. The molecule has 0 fully saturated rings. The maximum atomic E-state index is 4.37. The molecule has 0 amide bonds. The molecular weight excluding hydrogens is 328 g/mol. The zero-order valence-corrected chi connectivity index (χ0v) is 14.6. The lowest BCUT2D eigenvalue weighted by atomic mass is 10.1. The lowest BCUT2D eigenvalue weighted by molar-refractivity contribution is 0.626. The molecule has 0 radical (unpaired) electrons. The first-order valence-electron chi connectivity index (χ1n) is 8.27. The van der Waals surface area contributed by atoms with E-state index in [1.165, 1.54) is 16.3 Å². The minimum atomic E-state index is 0.835. The van der Waals surface area contributed by atoms with Crippen LogP contribution in [0.15, 0.2) is 78.3 Å². The lowest BCUT2D eigenvalue weighted by Gasteiger charge is -2.08. The highest BCUT2D eigenvalue weighted by atomic mass is 32.2. The molecule has 0 spiro atoms. The molecule has 124 valence electrons. The van der Waals surface area contributed by atoms with Crippen molar-refractivity contribution in [2.45, 2.75) is 23.9 Å². The van der Waals surface area contributed by atoms with Crippen LogP contribution < -0.4 is 0 Å². The number of hydrogen-bond acceptors (Lipinski definition) is 4. The van der Waals surface area contributed by atoms with Crippen LogP contribution in [0.4, 0.5) is 0 Å². The second-order valence-corrected chi connectivity index (χ2v) is 6.75. The number of fused-ring (bicyclic) bond motifs is 1. The van der Waals surface area contributed by atoms with E-state index >= 15 is 0 Å². The Morgan fingerprint density at radius 1 is 0.920 bits per heavy atom. The first-order chi connectivity index (χ1) is 12.4. The molecule has 0 unspecified atom stereocenters. The van der Waals surface area contributed by atoms with Crippen molar-refractivity contribution in [1.29, 1.82) is 0 Å². The molecule has 2 heterocycles. The van der Waals surface area contributed by atoms with E-state index < -0.39 is 0 Å². The van der Waals surface area contributed by atoms with Crippen molar-refractivity contribution in [3.05, 3.63) is 84.4 Å². The minimum absolute atomic E-state index is 0.835. The third kappa shape index (κ3) is 3.72. The van der Waals surface area contributed by atoms with Gasteiger partial charge in [-0.05, 0) is 28.5 Å². The van der Waals surface area contributed by atoms with Gasteiger partial charge < -0.3 is 4.57 Å². The zero-order valence-electron chi connectivity index (χ0n) is 13.7. The number of thioether (sulfide) groups is 1. The number of benzene rings is 2. The molecule has 4 rings (SSSR count). The fourth-order valence-electron chi connectivity index (χ4n) is 2.85. The number of aromatic nitrogens is 4. The van der Waals surface area contributed by atoms with Crippen molar-refractivity contribution in [2.75, 3.05) is 0 Å². The van der Waals surface area contributed by atoms with Crippen molar-refractivity contribution in [3.63, 3.8) is 0 Å². The normalized spacial score (nSPS) is 11.0. The Morgan fingerprint density at radius 2 is 1.80 bits per heavy atom. The molecule has 5 heteroatoms. The van der Waals surface area contributed by atoms with Crippen molar-refractivity contribution < 1.29 is 0 Å². The van der Waals surface area contributed by atoms with Gasteiger partial charge in [0.1, 0.15) is 6.33 Å². The number of rotatable bonds is 6. The molecule has 0 saturated carbocycles. The second-order valence-electron chi connectivity index (χ2n) is 5.80. The Kier molecular flexibility index (Phi) is 4.74. The Morgan fingerprint density at radius 3 is 2.72 bits per heavy atom. The summed E-state index contributed by atoms with van der Waals surface area (Å²) >= 11 is 1.73. The van der Waals surface area contributed by atoms with Crippen LogP contribution in [0.3, 0.4) is 0 Å². The van der Waals surface area contributed by atoms with Crippen LogP contribution in [0.2, 0.25) is 0 Å². The molecule has 0 atom stereocenters. The van der Waals surface area contributed by atoms with Gasteiger partial charge in [-0.25, -0.2) is 0 Å². The Hall–Kier alpha value is -2.66. The van der Waals surface area contributed by atoms with E-state index in [-0.39, 0.29) is 0 Å². The summed E-state index contributed by atoms with van der Waals surface area (Å²) in [6.45, 7) is 0.835. The largest absolute Gasteiger partial charge is 0.308 e. The standard InChI is InChI=1S/C20H18N4S/c1-2-10-19-16(6-1)7-5-8-17(19)14-25-20-23-22-15-24(20)13-11-18-9-3-4-12-21-18/h1-10,12,15H,11,13-14H2. The average molecular weight is 346 g/mol. The Bertz CT molecular complexity index is 960. The topological polar surface area (TPSA) is 43.6 Å². The fourth-order valence-corrected chi connectivity index (χ4v) is 3.80. The van der Waals surface area contributed by atoms with Gasteiger partial charge in [0.25, 0.3) is 0 Å². The molecule has 0 bridgehead atoms. The smallest absolute Gasteiger partial charge is 0.191 e. The SMILES string of the molecule is c1ccc(CCn2cnnc2SCc2cccc3ccccc23)nc1. The first kappa shape index (κ1) is 15.8. The molecule has 2 aromatic heterocycles. The number of hydrogen-bond donors (Lipinski definition) is 0. The van der Waals surface area contributed by atoms with E-state index in [1.54, 1.807) is 18.1 Å². The molecular formula is C20H18N4S. The van der Waals surface area contributed by atoms with Crippen LogP contribution in [0.25, 0.3) is 10.8 Å². The summed E-state index contributed by atoms with van der Waals surface area (Å²) in [4.78, 5) is 4.37. The molecule has 2 aromatic carbocycles. The highest BCUT2D eigenvalue weighted by Gasteiger charge is 2.08. The predicted molar refractivity (Wildman–Crippen MR) is 101 cm³/mol. The van der Waals surface area contributed by atoms with Crippen molar-refractivity contribution in [3.8, 4) is 0 Å². The fraction of sp³-hybridized carbons (Fsp3) is 0.150. The quantitative estimate of drug-likeness (QED) is 0.487. The molecule has 4 nitrogen and oxygen atoms in total. The van der Waals surface area contributed by atoms with Crippen molar-refractivity contribution in [1.82, 2.24) is 19.7 Å². The first-order valence-corrected chi connectivity index (χ1v) is 9.26. The highest BCUT2D eigenvalue weighted by molar-refractivity contribution is 7.98. The molecule has 4 aromatic rings. The maximum Gasteiger partial charge on any atom is 0.191 e. The van der Waals surface area contributed by atoms with Crippen LogP contribution in [0.5, 0.6) is 0 Å². The van der Waals surface area contributed by atoms with Gasteiger partial charge >= 0.3 is 0 Å². The van der Waals surface area contributed by atoms with Gasteiger partial charge in [0.05, 0.1) is 0 Å². The van der Waals surface area contributed by atoms with E-state index in [4.69, 9.17) is 0 Å². The maximum absolute atomic E-state index is 4.37. The summed E-state index contributed by atoms with van der Waals surface area (Å²) < 4.78 is 2.10.